The van der Waals surface area contributed by atoms with Crippen molar-refractivity contribution in [2.45, 2.75) is 45.7 Å². The highest BCUT2D eigenvalue weighted by molar-refractivity contribution is 5.90. The Hall–Kier alpha value is -4.27. The fourth-order valence-electron chi connectivity index (χ4n) is 6.63. The number of nitrogens with zero attached hydrogens (tertiary/aromatic N) is 5. The molecule has 0 bridgehead atoms. The average molecular weight is 684 g/mol. The number of ether oxygens (including phenoxy) is 2. The molecular weight excluding hydrogens is 636 g/mol. The Kier molecular flexibility index (Phi) is 11.4. The van der Waals surface area contributed by atoms with Crippen LogP contribution in [0.5, 0.6) is 5.88 Å². The summed E-state index contributed by atoms with van der Waals surface area (Å²) in [6.45, 7) is 12.6. The number of carboxylic acid groups (broad SMARTS) is 1. The smallest absolute Gasteiger partial charge is 0.407 e. The maximum atomic E-state index is 14.2. The highest BCUT2D eigenvalue weighted by Gasteiger charge is 2.38. The molecule has 0 spiro atoms. The summed E-state index contributed by atoms with van der Waals surface area (Å²) in [5, 5.41) is 20.5. The molecule has 3 amide bonds. The molecule has 0 radical (unpaired) electrons. The number of hydrogen-bond donors (Lipinski definition) is 3. The number of likely N-dealkylation sites (tertiary alicyclic amines) is 1. The molecule has 2 aliphatic heterocycles. The molecule has 49 heavy (non-hydrogen) atoms. The molecule has 1 unspecified atom stereocenters. The summed E-state index contributed by atoms with van der Waals surface area (Å²) in [4.78, 5) is 31.3. The predicted octanol–water partition coefficient (Wildman–Crippen LogP) is 4.78. The molecule has 3 heterocycles. The van der Waals surface area contributed by atoms with Gasteiger partial charge in [-0.25, -0.2) is 23.1 Å². The molecule has 14 heteroatoms. The van der Waals surface area contributed by atoms with Gasteiger partial charge in [0.1, 0.15) is 12.4 Å². The summed E-state index contributed by atoms with van der Waals surface area (Å²) in [6.07, 6.45) is -0.904. The normalized spacial score (nSPS) is 20.4. The van der Waals surface area contributed by atoms with Crippen LogP contribution in [0, 0.1) is 24.0 Å². The standard InChI is InChI=1S/C35H47F2N7O5/c1-23-31(39-33(45)38-29-21-42(15-17-48-5)20-26(29)24-11-12-27(36)28(37)19-24)44(25-9-7-6-8-10-25)40-32(23)49-18-16-41-13-14-43(34(46)47)30(22-41)35(2,3)4/h6-12,19,26,29-30H,13-18,20-22H2,1-5H3,(H,46,47)(H2,38,39,45)/t26-,29+,30?/m0/s1. The van der Waals surface area contributed by atoms with Crippen molar-refractivity contribution in [3.63, 3.8) is 0 Å². The second kappa shape index (κ2) is 15.5. The van der Waals surface area contributed by atoms with Crippen LogP contribution in [0.25, 0.3) is 5.69 Å². The first-order valence-electron chi connectivity index (χ1n) is 16.6. The Morgan fingerprint density at radius 2 is 1.71 bits per heavy atom. The van der Waals surface area contributed by atoms with Gasteiger partial charge < -0.3 is 24.8 Å². The van der Waals surface area contributed by atoms with Gasteiger partial charge in [-0.1, -0.05) is 45.0 Å². The van der Waals surface area contributed by atoms with Crippen LogP contribution in [0.15, 0.2) is 48.5 Å². The van der Waals surface area contributed by atoms with E-state index in [4.69, 9.17) is 14.6 Å². The predicted molar refractivity (Wildman–Crippen MR) is 182 cm³/mol. The van der Waals surface area contributed by atoms with E-state index >= 15 is 0 Å². The zero-order valence-corrected chi connectivity index (χ0v) is 28.8. The van der Waals surface area contributed by atoms with Gasteiger partial charge in [-0.15, -0.1) is 5.10 Å². The molecule has 266 valence electrons. The van der Waals surface area contributed by atoms with E-state index in [0.29, 0.717) is 81.9 Å². The molecule has 2 aromatic carbocycles. The quantitative estimate of drug-likeness (QED) is 0.264. The van der Waals surface area contributed by atoms with Gasteiger partial charge in [-0.3, -0.25) is 15.1 Å². The molecule has 3 N–H and O–H groups in total. The van der Waals surface area contributed by atoms with Crippen molar-refractivity contribution in [2.75, 3.05) is 71.5 Å². The first-order chi connectivity index (χ1) is 23.3. The zero-order chi connectivity index (χ0) is 35.3. The number of benzene rings is 2. The number of urea groups is 1. The molecule has 2 fully saturated rings. The number of anilines is 1. The Labute approximate surface area is 285 Å². The van der Waals surface area contributed by atoms with E-state index in [1.165, 1.54) is 11.0 Å². The van der Waals surface area contributed by atoms with Gasteiger partial charge in [-0.05, 0) is 42.2 Å². The molecule has 1 aromatic heterocycles. The fourth-order valence-corrected chi connectivity index (χ4v) is 6.63. The number of methoxy groups -OCH3 is 1. The topological polar surface area (TPSA) is 124 Å². The summed E-state index contributed by atoms with van der Waals surface area (Å²) < 4.78 is 41.0. The van der Waals surface area contributed by atoms with Crippen LogP contribution in [-0.2, 0) is 4.74 Å². The number of piperazine rings is 1. The van der Waals surface area contributed by atoms with Gasteiger partial charge in [0, 0.05) is 58.8 Å². The molecule has 0 aliphatic carbocycles. The molecule has 3 atom stereocenters. The van der Waals surface area contributed by atoms with Crippen LogP contribution >= 0.6 is 0 Å². The van der Waals surface area contributed by atoms with Gasteiger partial charge in [0.2, 0.25) is 5.88 Å². The van der Waals surface area contributed by atoms with Crippen LogP contribution in [-0.4, -0.2) is 120 Å². The van der Waals surface area contributed by atoms with E-state index in [1.807, 2.05) is 58.0 Å². The van der Waals surface area contributed by atoms with E-state index in [1.54, 1.807) is 17.9 Å². The van der Waals surface area contributed by atoms with Gasteiger partial charge >= 0.3 is 12.1 Å². The monoisotopic (exact) mass is 683 g/mol. The minimum Gasteiger partial charge on any atom is -0.475 e. The summed E-state index contributed by atoms with van der Waals surface area (Å²) in [7, 11) is 1.62. The minimum absolute atomic E-state index is 0.152. The Bertz CT molecular complexity index is 1600. The lowest BCUT2D eigenvalue weighted by Crippen LogP contribution is -2.59. The molecule has 2 aliphatic rings. The van der Waals surface area contributed by atoms with E-state index < -0.39 is 23.8 Å². The second-order valence-corrected chi connectivity index (χ2v) is 13.8. The third-order valence-corrected chi connectivity index (χ3v) is 9.36. The molecule has 5 rings (SSSR count). The van der Waals surface area contributed by atoms with Gasteiger partial charge in [0.15, 0.2) is 11.6 Å². The molecule has 0 saturated carbocycles. The Morgan fingerprint density at radius 1 is 0.980 bits per heavy atom. The first-order valence-corrected chi connectivity index (χ1v) is 16.6. The van der Waals surface area contributed by atoms with E-state index in [0.717, 1.165) is 11.8 Å². The number of amides is 3. The second-order valence-electron chi connectivity index (χ2n) is 13.8. The summed E-state index contributed by atoms with van der Waals surface area (Å²) in [6, 6.07) is 12.2. The number of halogens is 2. The Morgan fingerprint density at radius 3 is 2.39 bits per heavy atom. The van der Waals surface area contributed by atoms with Crippen molar-refractivity contribution in [3.05, 3.63) is 71.3 Å². The molecule has 12 nitrogen and oxygen atoms in total. The molecule has 3 aromatic rings. The van der Waals surface area contributed by atoms with Crippen molar-refractivity contribution in [1.29, 1.82) is 0 Å². The lowest BCUT2D eigenvalue weighted by atomic mass is 9.84. The molecular formula is C35H47F2N7O5. The van der Waals surface area contributed by atoms with Crippen molar-refractivity contribution in [1.82, 2.24) is 29.8 Å². The van der Waals surface area contributed by atoms with Crippen LogP contribution < -0.4 is 15.4 Å². The van der Waals surface area contributed by atoms with Crippen LogP contribution in [0.1, 0.15) is 37.8 Å². The lowest BCUT2D eigenvalue weighted by molar-refractivity contribution is 0.0177. The first kappa shape index (κ1) is 36.0. The number of hydrogen-bond acceptors (Lipinski definition) is 7. The van der Waals surface area contributed by atoms with Crippen molar-refractivity contribution in [3.8, 4) is 11.6 Å². The summed E-state index contributed by atoms with van der Waals surface area (Å²) in [5.74, 6) is -1.32. The van der Waals surface area contributed by atoms with E-state index in [9.17, 15) is 23.5 Å². The van der Waals surface area contributed by atoms with Gasteiger partial charge in [0.05, 0.1) is 29.9 Å². The fraction of sp³-hybridized carbons (Fsp3) is 0.514. The number of para-hydroxylation sites is 1. The minimum atomic E-state index is -0.928. The van der Waals surface area contributed by atoms with E-state index in [2.05, 4.69) is 20.4 Å². The SMILES string of the molecule is COCCN1C[C@@H](NC(=O)Nc2c(C)c(OCCN3CCN(C(=O)O)C(C(C)(C)C)C3)nn2-c2ccccc2)[C@H](c2ccc(F)c(F)c2)C1. The van der Waals surface area contributed by atoms with Crippen LogP contribution in [0.2, 0.25) is 0 Å². The summed E-state index contributed by atoms with van der Waals surface area (Å²) in [5.41, 5.74) is 1.73. The Balaban J connectivity index is 1.30. The highest BCUT2D eigenvalue weighted by Crippen LogP contribution is 2.32. The van der Waals surface area contributed by atoms with E-state index in [-0.39, 0.29) is 23.4 Å². The van der Waals surface area contributed by atoms with Crippen LogP contribution in [0.4, 0.5) is 24.2 Å². The lowest BCUT2D eigenvalue weighted by Gasteiger charge is -2.45. The van der Waals surface area contributed by atoms with Gasteiger partial charge in [0.25, 0.3) is 0 Å². The average Bonchev–Trinajstić information content (AvgIpc) is 3.61. The van der Waals surface area contributed by atoms with Crippen molar-refractivity contribution < 1.29 is 33.0 Å². The number of carbonyl (C=O) groups excluding carboxylic acids is 1. The third kappa shape index (κ3) is 8.67. The van der Waals surface area contributed by atoms with Crippen molar-refractivity contribution >= 4 is 17.9 Å². The van der Waals surface area contributed by atoms with Gasteiger partial charge in [-0.2, -0.15) is 0 Å². The summed E-state index contributed by atoms with van der Waals surface area (Å²) >= 11 is 0. The number of rotatable bonds is 11. The largest absolute Gasteiger partial charge is 0.475 e. The maximum absolute atomic E-state index is 14.2. The van der Waals surface area contributed by atoms with Crippen molar-refractivity contribution in [2.24, 2.45) is 5.41 Å². The third-order valence-electron chi connectivity index (χ3n) is 9.36. The number of carbonyl (C=O) groups is 2. The number of nitrogens with one attached hydrogen (secondary N) is 2. The van der Waals surface area contributed by atoms with Crippen LogP contribution in [0.3, 0.4) is 0 Å². The highest BCUT2D eigenvalue weighted by atomic mass is 19.2. The maximum Gasteiger partial charge on any atom is 0.407 e. The molecule has 2 saturated heterocycles. The number of aromatic nitrogens is 2. The zero-order valence-electron chi connectivity index (χ0n) is 28.8.